The molecule has 0 aromatic heterocycles. The van der Waals surface area contributed by atoms with Crippen molar-refractivity contribution in [1.82, 2.24) is 0 Å². The average molecular weight is 282 g/mol. The predicted octanol–water partition coefficient (Wildman–Crippen LogP) is 3.26. The van der Waals surface area contributed by atoms with Crippen LogP contribution < -0.4 is 4.74 Å². The van der Waals surface area contributed by atoms with Gasteiger partial charge in [-0.1, -0.05) is 6.07 Å². The fraction of sp³-hybridized carbons (Fsp3) is 0.125. The molecule has 2 rings (SSSR count). The predicted molar refractivity (Wildman–Crippen MR) is 74.2 cm³/mol. The molecule has 1 N–H and O–H groups in total. The molecular weight excluding hydrogens is 271 g/mol. The van der Waals surface area contributed by atoms with Crippen LogP contribution in [-0.2, 0) is 0 Å². The van der Waals surface area contributed by atoms with E-state index in [-0.39, 0.29) is 34.0 Å². The number of phenolic OH excluding ortho intramolecular Hbond substituents is 1. The highest BCUT2D eigenvalue weighted by atomic mass is 19.1. The molecule has 0 saturated heterocycles. The van der Waals surface area contributed by atoms with Crippen molar-refractivity contribution in [2.45, 2.75) is 6.92 Å². The Morgan fingerprint density at radius 1 is 1.19 bits per heavy atom. The third kappa shape index (κ3) is 2.37. The molecule has 0 radical (unpaired) electrons. The van der Waals surface area contributed by atoms with Gasteiger partial charge in [0.05, 0.1) is 18.7 Å². The maximum absolute atomic E-state index is 13.4. The lowest BCUT2D eigenvalue weighted by atomic mass is 9.93. The summed E-state index contributed by atoms with van der Waals surface area (Å²) in [5.41, 5.74) is 1.24. The normalized spacial score (nSPS) is 9.76. The van der Waals surface area contributed by atoms with E-state index in [0.29, 0.717) is 11.1 Å². The molecule has 104 valence electrons. The molecule has 0 amide bonds. The number of methoxy groups -OCH3 is 1. The molecule has 0 spiro atoms. The summed E-state index contributed by atoms with van der Waals surface area (Å²) in [5.74, 6) is -0.671. The fourth-order valence-corrected chi connectivity index (χ4v) is 2.10. The first-order valence-corrected chi connectivity index (χ1v) is 6.04. The van der Waals surface area contributed by atoms with Crippen LogP contribution >= 0.6 is 0 Å². The Kier molecular flexibility index (Phi) is 3.77. The van der Waals surface area contributed by atoms with Gasteiger partial charge in [-0.3, -0.25) is 0 Å². The molecule has 5 heteroatoms. The first kappa shape index (κ1) is 14.4. The molecule has 0 aliphatic rings. The van der Waals surface area contributed by atoms with E-state index >= 15 is 0 Å². The third-order valence-corrected chi connectivity index (χ3v) is 3.16. The second-order valence-electron chi connectivity index (χ2n) is 4.41. The van der Waals surface area contributed by atoms with Crippen molar-refractivity contribution in [3.63, 3.8) is 0 Å². The zero-order chi connectivity index (χ0) is 15.6. The standard InChI is InChI=1S/C16H11FN2O2/c1-9-5-10(3-4-13(9)17)15-11(7-18)6-14(21-2)16(20)12(15)8-19/h3-6,20H,1-2H3. The van der Waals surface area contributed by atoms with Crippen LogP contribution in [0, 0.1) is 35.4 Å². The molecule has 0 bridgehead atoms. The average Bonchev–Trinajstić information content (AvgIpc) is 2.49. The van der Waals surface area contributed by atoms with E-state index in [9.17, 15) is 20.0 Å². The van der Waals surface area contributed by atoms with Crippen molar-refractivity contribution in [2.75, 3.05) is 7.11 Å². The van der Waals surface area contributed by atoms with Crippen molar-refractivity contribution in [2.24, 2.45) is 0 Å². The van der Waals surface area contributed by atoms with Gasteiger partial charge >= 0.3 is 0 Å². The molecule has 0 saturated carbocycles. The maximum atomic E-state index is 13.4. The number of benzene rings is 2. The molecule has 2 aromatic carbocycles. The number of hydrogen-bond donors (Lipinski definition) is 1. The number of halogens is 1. The molecule has 0 unspecified atom stereocenters. The smallest absolute Gasteiger partial charge is 0.176 e. The summed E-state index contributed by atoms with van der Waals surface area (Å²) in [5, 5.41) is 28.6. The van der Waals surface area contributed by atoms with Crippen LogP contribution in [0.25, 0.3) is 11.1 Å². The van der Waals surface area contributed by atoms with E-state index in [1.165, 1.54) is 31.4 Å². The SMILES string of the molecule is COc1cc(C#N)c(-c2ccc(F)c(C)c2)c(C#N)c1O. The van der Waals surface area contributed by atoms with Crippen molar-refractivity contribution in [3.05, 3.63) is 46.8 Å². The molecule has 0 aliphatic carbocycles. The second kappa shape index (κ2) is 5.52. The number of aromatic hydroxyl groups is 1. The van der Waals surface area contributed by atoms with Crippen LogP contribution in [0.3, 0.4) is 0 Å². The van der Waals surface area contributed by atoms with Gasteiger partial charge in [-0.2, -0.15) is 10.5 Å². The molecule has 0 fully saturated rings. The molecule has 0 aliphatic heterocycles. The van der Waals surface area contributed by atoms with E-state index < -0.39 is 0 Å². The second-order valence-corrected chi connectivity index (χ2v) is 4.41. The van der Waals surface area contributed by atoms with Crippen molar-refractivity contribution in [3.8, 4) is 34.8 Å². The van der Waals surface area contributed by atoms with Gasteiger partial charge in [0.15, 0.2) is 11.5 Å². The minimum Gasteiger partial charge on any atom is -0.503 e. The molecule has 4 nitrogen and oxygen atoms in total. The Bertz CT molecular complexity index is 801. The van der Waals surface area contributed by atoms with E-state index in [1.807, 2.05) is 12.1 Å². The van der Waals surface area contributed by atoms with Gasteiger partial charge in [0, 0.05) is 11.6 Å². The van der Waals surface area contributed by atoms with Crippen molar-refractivity contribution in [1.29, 1.82) is 10.5 Å². The molecule has 0 atom stereocenters. The van der Waals surface area contributed by atoms with Gasteiger partial charge < -0.3 is 9.84 Å². The lowest BCUT2D eigenvalue weighted by molar-refractivity contribution is 0.373. The van der Waals surface area contributed by atoms with Gasteiger partial charge in [0.2, 0.25) is 0 Å². The van der Waals surface area contributed by atoms with Crippen LogP contribution in [0.1, 0.15) is 16.7 Å². The van der Waals surface area contributed by atoms with Crippen molar-refractivity contribution < 1.29 is 14.2 Å². The summed E-state index contributed by atoms with van der Waals surface area (Å²) in [6.45, 7) is 1.58. The van der Waals surface area contributed by atoms with Crippen LogP contribution in [0.5, 0.6) is 11.5 Å². The molecule has 0 heterocycles. The van der Waals surface area contributed by atoms with Crippen molar-refractivity contribution >= 4 is 0 Å². The lowest BCUT2D eigenvalue weighted by Crippen LogP contribution is -1.95. The number of phenols is 1. The number of ether oxygens (including phenoxy) is 1. The lowest BCUT2D eigenvalue weighted by Gasteiger charge is -2.12. The summed E-state index contributed by atoms with van der Waals surface area (Å²) in [7, 11) is 1.33. The Morgan fingerprint density at radius 2 is 1.90 bits per heavy atom. The highest BCUT2D eigenvalue weighted by Crippen LogP contribution is 2.39. The summed E-state index contributed by atoms with van der Waals surface area (Å²) in [6, 6.07) is 9.44. The molecular formula is C16H11FN2O2. The zero-order valence-corrected chi connectivity index (χ0v) is 11.4. The topological polar surface area (TPSA) is 77.0 Å². The molecule has 21 heavy (non-hydrogen) atoms. The first-order chi connectivity index (χ1) is 10.0. The van der Waals surface area contributed by atoms with E-state index in [2.05, 4.69) is 0 Å². The highest BCUT2D eigenvalue weighted by Gasteiger charge is 2.20. The Morgan fingerprint density at radius 3 is 2.43 bits per heavy atom. The van der Waals surface area contributed by atoms with Gasteiger partial charge in [0.25, 0.3) is 0 Å². The minimum absolute atomic E-state index is 0.0469. The number of nitrogens with zero attached hydrogens (tertiary/aromatic N) is 2. The summed E-state index contributed by atoms with van der Waals surface area (Å²) < 4.78 is 18.3. The highest BCUT2D eigenvalue weighted by molar-refractivity contribution is 5.81. The zero-order valence-electron chi connectivity index (χ0n) is 11.4. The largest absolute Gasteiger partial charge is 0.503 e. The summed E-state index contributed by atoms with van der Waals surface area (Å²) in [4.78, 5) is 0. The Hall–Kier alpha value is -3.05. The first-order valence-electron chi connectivity index (χ1n) is 6.04. The van der Waals surface area contributed by atoms with E-state index in [4.69, 9.17) is 4.74 Å². The monoisotopic (exact) mass is 282 g/mol. The number of hydrogen-bond acceptors (Lipinski definition) is 4. The van der Waals surface area contributed by atoms with E-state index in [0.717, 1.165) is 0 Å². The number of aryl methyl sites for hydroxylation is 1. The Balaban J connectivity index is 2.85. The quantitative estimate of drug-likeness (QED) is 0.917. The number of nitriles is 2. The fourth-order valence-electron chi connectivity index (χ4n) is 2.10. The third-order valence-electron chi connectivity index (χ3n) is 3.16. The van der Waals surface area contributed by atoms with Gasteiger partial charge in [-0.15, -0.1) is 0 Å². The Labute approximate surface area is 121 Å². The minimum atomic E-state index is -0.381. The summed E-state index contributed by atoms with van der Waals surface area (Å²) >= 11 is 0. The van der Waals surface area contributed by atoms with Gasteiger partial charge in [-0.25, -0.2) is 4.39 Å². The van der Waals surface area contributed by atoms with Crippen LogP contribution in [0.2, 0.25) is 0 Å². The number of rotatable bonds is 2. The van der Waals surface area contributed by atoms with Crippen LogP contribution in [-0.4, -0.2) is 12.2 Å². The maximum Gasteiger partial charge on any atom is 0.176 e. The van der Waals surface area contributed by atoms with E-state index in [1.54, 1.807) is 6.92 Å². The van der Waals surface area contributed by atoms with Gasteiger partial charge in [-0.05, 0) is 30.2 Å². The summed E-state index contributed by atoms with van der Waals surface area (Å²) in [6.07, 6.45) is 0. The van der Waals surface area contributed by atoms with Crippen LogP contribution in [0.15, 0.2) is 24.3 Å². The van der Waals surface area contributed by atoms with Crippen LogP contribution in [0.4, 0.5) is 4.39 Å². The molecule has 2 aromatic rings. The van der Waals surface area contributed by atoms with Gasteiger partial charge in [0.1, 0.15) is 17.4 Å².